The molecular formula is C13H13Cl2NO. The number of hydrogen-bond acceptors (Lipinski definition) is 2. The van der Waals surface area contributed by atoms with E-state index in [1.807, 2.05) is 31.2 Å². The van der Waals surface area contributed by atoms with Crippen molar-refractivity contribution in [3.05, 3.63) is 58.0 Å². The Kier molecular flexibility index (Phi) is 4.11. The van der Waals surface area contributed by atoms with Crippen LogP contribution in [0, 0.1) is 0 Å². The van der Waals surface area contributed by atoms with Crippen LogP contribution in [0.5, 0.6) is 0 Å². The number of rotatable bonds is 4. The molecule has 90 valence electrons. The van der Waals surface area contributed by atoms with Crippen LogP contribution < -0.4 is 5.32 Å². The average molecular weight is 270 g/mol. The molecular weight excluding hydrogens is 257 g/mol. The lowest BCUT2D eigenvalue weighted by Crippen LogP contribution is -2.17. The summed E-state index contributed by atoms with van der Waals surface area (Å²) in [5, 5.41) is 4.52. The number of nitrogens with one attached hydrogen (secondary N) is 1. The van der Waals surface area contributed by atoms with Crippen molar-refractivity contribution in [3.8, 4) is 0 Å². The van der Waals surface area contributed by atoms with Crippen molar-refractivity contribution >= 4 is 23.2 Å². The van der Waals surface area contributed by atoms with E-state index < -0.39 is 0 Å². The van der Waals surface area contributed by atoms with Crippen LogP contribution >= 0.6 is 23.2 Å². The Morgan fingerprint density at radius 2 is 2.06 bits per heavy atom. The quantitative estimate of drug-likeness (QED) is 0.888. The number of hydrogen-bond donors (Lipinski definition) is 1. The van der Waals surface area contributed by atoms with Crippen LogP contribution in [0.4, 0.5) is 0 Å². The topological polar surface area (TPSA) is 25.2 Å². The van der Waals surface area contributed by atoms with E-state index in [1.165, 1.54) is 0 Å². The van der Waals surface area contributed by atoms with Gasteiger partial charge in [0, 0.05) is 6.54 Å². The molecule has 0 unspecified atom stereocenters. The third-order valence-electron chi connectivity index (χ3n) is 2.60. The van der Waals surface area contributed by atoms with Gasteiger partial charge in [0.1, 0.15) is 5.76 Å². The molecule has 0 amide bonds. The van der Waals surface area contributed by atoms with Crippen molar-refractivity contribution < 1.29 is 4.42 Å². The zero-order chi connectivity index (χ0) is 12.3. The molecule has 0 saturated carbocycles. The third-order valence-corrected chi connectivity index (χ3v) is 3.46. The van der Waals surface area contributed by atoms with Crippen molar-refractivity contribution in [1.29, 1.82) is 0 Å². The molecule has 2 rings (SSSR count). The van der Waals surface area contributed by atoms with Crippen LogP contribution in [0.3, 0.4) is 0 Å². The fourth-order valence-corrected chi connectivity index (χ4v) is 1.97. The lowest BCUT2D eigenvalue weighted by atomic mass is 10.2. The predicted octanol–water partition coefficient (Wildman–Crippen LogP) is 4.44. The summed E-state index contributed by atoms with van der Waals surface area (Å²) in [6.45, 7) is 2.69. The molecule has 17 heavy (non-hydrogen) atoms. The molecule has 1 N–H and O–H groups in total. The van der Waals surface area contributed by atoms with Crippen LogP contribution in [0.2, 0.25) is 10.0 Å². The largest absolute Gasteiger partial charge is 0.468 e. The van der Waals surface area contributed by atoms with Gasteiger partial charge in [-0.05, 0) is 30.7 Å². The van der Waals surface area contributed by atoms with E-state index >= 15 is 0 Å². The minimum atomic E-state index is 0.139. The molecule has 2 aromatic rings. The van der Waals surface area contributed by atoms with Crippen LogP contribution in [-0.2, 0) is 6.54 Å². The Hall–Kier alpha value is -0.960. The van der Waals surface area contributed by atoms with Gasteiger partial charge in [-0.25, -0.2) is 0 Å². The lowest BCUT2D eigenvalue weighted by Gasteiger charge is -2.12. The summed E-state index contributed by atoms with van der Waals surface area (Å²) in [6, 6.07) is 9.58. The normalized spacial score (nSPS) is 12.6. The standard InChI is InChI=1S/C13H13Cl2NO/c1-9(12-6-3-7-17-12)16-8-10-4-2-5-11(14)13(10)15/h2-7,9,16H,8H2,1H3/t9-/m1/s1. The summed E-state index contributed by atoms with van der Waals surface area (Å²) >= 11 is 12.1. The predicted molar refractivity (Wildman–Crippen MR) is 70.4 cm³/mol. The minimum absolute atomic E-state index is 0.139. The van der Waals surface area contributed by atoms with Gasteiger partial charge in [0.05, 0.1) is 22.4 Å². The summed E-state index contributed by atoms with van der Waals surface area (Å²) < 4.78 is 5.32. The second kappa shape index (κ2) is 5.58. The van der Waals surface area contributed by atoms with E-state index in [0.29, 0.717) is 16.6 Å². The summed E-state index contributed by atoms with van der Waals surface area (Å²) in [4.78, 5) is 0. The van der Waals surface area contributed by atoms with Crippen molar-refractivity contribution in [2.24, 2.45) is 0 Å². The molecule has 0 radical (unpaired) electrons. The van der Waals surface area contributed by atoms with Gasteiger partial charge in [-0.3, -0.25) is 0 Å². The number of furan rings is 1. The van der Waals surface area contributed by atoms with Crippen molar-refractivity contribution in [2.45, 2.75) is 19.5 Å². The van der Waals surface area contributed by atoms with E-state index in [-0.39, 0.29) is 6.04 Å². The average Bonchev–Trinajstić information content (AvgIpc) is 2.84. The Morgan fingerprint density at radius 1 is 1.24 bits per heavy atom. The van der Waals surface area contributed by atoms with Crippen molar-refractivity contribution in [1.82, 2.24) is 5.32 Å². The van der Waals surface area contributed by atoms with Crippen molar-refractivity contribution in [3.63, 3.8) is 0 Å². The first-order valence-corrected chi connectivity index (χ1v) is 6.13. The molecule has 1 aromatic carbocycles. The summed E-state index contributed by atoms with van der Waals surface area (Å²) in [6.07, 6.45) is 1.67. The van der Waals surface area contributed by atoms with E-state index in [0.717, 1.165) is 11.3 Å². The highest BCUT2D eigenvalue weighted by Gasteiger charge is 2.09. The molecule has 1 atom stereocenters. The van der Waals surface area contributed by atoms with Gasteiger partial charge in [-0.2, -0.15) is 0 Å². The Morgan fingerprint density at radius 3 is 2.76 bits per heavy atom. The maximum absolute atomic E-state index is 6.11. The molecule has 0 aliphatic carbocycles. The fourth-order valence-electron chi connectivity index (χ4n) is 1.59. The molecule has 0 aliphatic rings. The first-order chi connectivity index (χ1) is 8.18. The van der Waals surface area contributed by atoms with Gasteiger partial charge in [-0.1, -0.05) is 35.3 Å². The summed E-state index contributed by atoms with van der Waals surface area (Å²) in [7, 11) is 0. The molecule has 0 spiro atoms. The van der Waals surface area contributed by atoms with Crippen LogP contribution in [0.15, 0.2) is 41.0 Å². The van der Waals surface area contributed by atoms with Crippen LogP contribution in [-0.4, -0.2) is 0 Å². The number of halogens is 2. The van der Waals surface area contributed by atoms with Crippen molar-refractivity contribution in [2.75, 3.05) is 0 Å². The Labute approximate surface area is 111 Å². The Bertz CT molecular complexity index is 482. The lowest BCUT2D eigenvalue weighted by molar-refractivity contribution is 0.430. The smallest absolute Gasteiger partial charge is 0.120 e. The number of benzene rings is 1. The van der Waals surface area contributed by atoms with Gasteiger partial charge in [0.25, 0.3) is 0 Å². The van der Waals surface area contributed by atoms with E-state index in [1.54, 1.807) is 12.3 Å². The third kappa shape index (κ3) is 3.03. The highest BCUT2D eigenvalue weighted by atomic mass is 35.5. The van der Waals surface area contributed by atoms with Gasteiger partial charge < -0.3 is 9.73 Å². The fraction of sp³-hybridized carbons (Fsp3) is 0.231. The van der Waals surface area contributed by atoms with Gasteiger partial charge in [0.15, 0.2) is 0 Å². The maximum atomic E-state index is 6.11. The monoisotopic (exact) mass is 269 g/mol. The van der Waals surface area contributed by atoms with Gasteiger partial charge in [0.2, 0.25) is 0 Å². The Balaban J connectivity index is 2.00. The van der Waals surface area contributed by atoms with E-state index in [4.69, 9.17) is 27.6 Å². The molecule has 1 heterocycles. The first kappa shape index (κ1) is 12.5. The summed E-state index contributed by atoms with van der Waals surface area (Å²) in [5.74, 6) is 0.906. The van der Waals surface area contributed by atoms with E-state index in [9.17, 15) is 0 Å². The second-order valence-electron chi connectivity index (χ2n) is 3.83. The molecule has 2 nitrogen and oxygen atoms in total. The molecule has 0 fully saturated rings. The van der Waals surface area contributed by atoms with Crippen LogP contribution in [0.25, 0.3) is 0 Å². The molecule has 1 aromatic heterocycles. The molecule has 4 heteroatoms. The minimum Gasteiger partial charge on any atom is -0.468 e. The molecule has 0 bridgehead atoms. The first-order valence-electron chi connectivity index (χ1n) is 5.38. The molecule has 0 aliphatic heterocycles. The second-order valence-corrected chi connectivity index (χ2v) is 4.62. The van der Waals surface area contributed by atoms with Crippen LogP contribution in [0.1, 0.15) is 24.3 Å². The highest BCUT2D eigenvalue weighted by Crippen LogP contribution is 2.26. The molecule has 0 saturated heterocycles. The maximum Gasteiger partial charge on any atom is 0.120 e. The zero-order valence-corrected chi connectivity index (χ0v) is 10.9. The zero-order valence-electron chi connectivity index (χ0n) is 9.41. The highest BCUT2D eigenvalue weighted by molar-refractivity contribution is 6.42. The van der Waals surface area contributed by atoms with Gasteiger partial charge in [-0.15, -0.1) is 0 Å². The van der Waals surface area contributed by atoms with Gasteiger partial charge >= 0.3 is 0 Å². The SMILES string of the molecule is C[C@@H](NCc1cccc(Cl)c1Cl)c1ccco1. The summed E-state index contributed by atoms with van der Waals surface area (Å²) in [5.41, 5.74) is 0.984. The van der Waals surface area contributed by atoms with E-state index in [2.05, 4.69) is 5.32 Å².